The highest BCUT2D eigenvalue weighted by Gasteiger charge is 2.10. The SMILES string of the molecule is CC[C@@H](N)c1ccccc1Oc1ccc(C(C)C)cc1. The zero-order chi connectivity index (χ0) is 14.5. The summed E-state index contributed by atoms with van der Waals surface area (Å²) in [6, 6.07) is 16.3. The van der Waals surface area contributed by atoms with E-state index in [2.05, 4.69) is 32.9 Å². The fraction of sp³-hybridized carbons (Fsp3) is 0.333. The molecule has 0 fully saturated rings. The summed E-state index contributed by atoms with van der Waals surface area (Å²) in [7, 11) is 0. The molecule has 0 heterocycles. The van der Waals surface area contributed by atoms with Crippen LogP contribution in [0, 0.1) is 0 Å². The van der Waals surface area contributed by atoms with Crippen LogP contribution in [0.3, 0.4) is 0 Å². The highest BCUT2D eigenvalue weighted by molar-refractivity contribution is 5.40. The van der Waals surface area contributed by atoms with Crippen molar-refractivity contribution in [3.8, 4) is 11.5 Å². The molecule has 0 amide bonds. The molecule has 2 rings (SSSR count). The third kappa shape index (κ3) is 3.40. The van der Waals surface area contributed by atoms with E-state index >= 15 is 0 Å². The molecule has 2 nitrogen and oxygen atoms in total. The van der Waals surface area contributed by atoms with Crippen LogP contribution in [0.1, 0.15) is 50.3 Å². The minimum absolute atomic E-state index is 0.0149. The lowest BCUT2D eigenvalue weighted by molar-refractivity contribution is 0.468. The van der Waals surface area contributed by atoms with E-state index in [1.807, 2.05) is 36.4 Å². The van der Waals surface area contributed by atoms with Gasteiger partial charge in [-0.1, -0.05) is 51.1 Å². The molecular weight excluding hydrogens is 246 g/mol. The summed E-state index contributed by atoms with van der Waals surface area (Å²) in [5.74, 6) is 2.23. The lowest BCUT2D eigenvalue weighted by Gasteiger charge is -2.15. The van der Waals surface area contributed by atoms with Crippen LogP contribution >= 0.6 is 0 Å². The van der Waals surface area contributed by atoms with Crippen molar-refractivity contribution in [2.24, 2.45) is 5.73 Å². The van der Waals surface area contributed by atoms with Crippen molar-refractivity contribution in [1.29, 1.82) is 0 Å². The number of rotatable bonds is 5. The molecule has 2 aromatic carbocycles. The van der Waals surface area contributed by atoms with Gasteiger partial charge in [-0.05, 0) is 36.1 Å². The van der Waals surface area contributed by atoms with Gasteiger partial charge < -0.3 is 10.5 Å². The number of ether oxygens (including phenoxy) is 1. The van der Waals surface area contributed by atoms with E-state index in [0.29, 0.717) is 5.92 Å². The van der Waals surface area contributed by atoms with Crippen molar-refractivity contribution in [1.82, 2.24) is 0 Å². The van der Waals surface area contributed by atoms with Crippen molar-refractivity contribution in [3.05, 3.63) is 59.7 Å². The topological polar surface area (TPSA) is 35.2 Å². The summed E-state index contributed by atoms with van der Waals surface area (Å²) in [5.41, 5.74) is 8.51. The molecule has 0 aliphatic heterocycles. The molecule has 2 N–H and O–H groups in total. The van der Waals surface area contributed by atoms with Gasteiger partial charge in [-0.15, -0.1) is 0 Å². The van der Waals surface area contributed by atoms with Crippen molar-refractivity contribution < 1.29 is 4.74 Å². The molecule has 0 saturated heterocycles. The molecule has 0 aliphatic carbocycles. The van der Waals surface area contributed by atoms with E-state index in [0.717, 1.165) is 23.5 Å². The summed E-state index contributed by atoms with van der Waals surface area (Å²) in [6.07, 6.45) is 0.895. The van der Waals surface area contributed by atoms with Crippen molar-refractivity contribution >= 4 is 0 Å². The Labute approximate surface area is 121 Å². The average molecular weight is 269 g/mol. The fourth-order valence-corrected chi connectivity index (χ4v) is 2.15. The molecule has 0 radical (unpaired) electrons. The van der Waals surface area contributed by atoms with Gasteiger partial charge in [0.05, 0.1) is 0 Å². The molecule has 2 aromatic rings. The Balaban J connectivity index is 2.21. The van der Waals surface area contributed by atoms with Crippen LogP contribution in [-0.2, 0) is 0 Å². The minimum Gasteiger partial charge on any atom is -0.457 e. The Morgan fingerprint density at radius 3 is 2.25 bits per heavy atom. The first-order valence-electron chi connectivity index (χ1n) is 7.24. The normalized spacial score (nSPS) is 12.4. The molecule has 0 aliphatic rings. The first kappa shape index (κ1) is 14.6. The quantitative estimate of drug-likeness (QED) is 0.827. The Bertz CT molecular complexity index is 546. The predicted octanol–water partition coefficient (Wildman–Crippen LogP) is 5.01. The van der Waals surface area contributed by atoms with Crippen molar-refractivity contribution in [2.45, 2.75) is 39.2 Å². The number of para-hydroxylation sites is 1. The summed E-state index contributed by atoms with van der Waals surface area (Å²) in [4.78, 5) is 0. The maximum absolute atomic E-state index is 6.13. The van der Waals surface area contributed by atoms with E-state index in [9.17, 15) is 0 Å². The second-order valence-electron chi connectivity index (χ2n) is 5.38. The van der Waals surface area contributed by atoms with Gasteiger partial charge >= 0.3 is 0 Å². The van der Waals surface area contributed by atoms with Crippen molar-refractivity contribution in [2.75, 3.05) is 0 Å². The third-order valence-electron chi connectivity index (χ3n) is 3.53. The van der Waals surface area contributed by atoms with Gasteiger partial charge in [-0.3, -0.25) is 0 Å². The van der Waals surface area contributed by atoms with Crippen LogP contribution in [0.15, 0.2) is 48.5 Å². The van der Waals surface area contributed by atoms with Crippen LogP contribution < -0.4 is 10.5 Å². The summed E-state index contributed by atoms with van der Waals surface area (Å²) < 4.78 is 5.99. The number of hydrogen-bond donors (Lipinski definition) is 1. The molecule has 0 spiro atoms. The summed E-state index contributed by atoms with van der Waals surface area (Å²) in [6.45, 7) is 6.45. The molecule has 20 heavy (non-hydrogen) atoms. The molecule has 0 aromatic heterocycles. The maximum Gasteiger partial charge on any atom is 0.132 e. The van der Waals surface area contributed by atoms with Crippen LogP contribution in [-0.4, -0.2) is 0 Å². The predicted molar refractivity (Wildman–Crippen MR) is 84.3 cm³/mol. The van der Waals surface area contributed by atoms with Crippen LogP contribution in [0.2, 0.25) is 0 Å². The third-order valence-corrected chi connectivity index (χ3v) is 3.53. The Kier molecular flexibility index (Phi) is 4.80. The van der Waals surface area contributed by atoms with Gasteiger partial charge in [0.1, 0.15) is 11.5 Å². The molecule has 0 unspecified atom stereocenters. The Hall–Kier alpha value is -1.80. The standard InChI is InChI=1S/C18H23NO/c1-4-17(19)16-7-5-6-8-18(16)20-15-11-9-14(10-12-15)13(2)3/h5-13,17H,4,19H2,1-3H3/t17-/m1/s1. The zero-order valence-corrected chi connectivity index (χ0v) is 12.5. The minimum atomic E-state index is 0.0149. The van der Waals surface area contributed by atoms with Gasteiger partial charge in [-0.25, -0.2) is 0 Å². The van der Waals surface area contributed by atoms with Gasteiger partial charge in [-0.2, -0.15) is 0 Å². The average Bonchev–Trinajstić information content (AvgIpc) is 2.47. The van der Waals surface area contributed by atoms with Crippen molar-refractivity contribution in [3.63, 3.8) is 0 Å². The lowest BCUT2D eigenvalue weighted by Crippen LogP contribution is -2.09. The lowest BCUT2D eigenvalue weighted by atomic mass is 10.0. The van der Waals surface area contributed by atoms with Crippen LogP contribution in [0.5, 0.6) is 11.5 Å². The number of benzene rings is 2. The summed E-state index contributed by atoms with van der Waals surface area (Å²) >= 11 is 0. The second kappa shape index (κ2) is 6.58. The zero-order valence-electron chi connectivity index (χ0n) is 12.5. The fourth-order valence-electron chi connectivity index (χ4n) is 2.15. The molecular formula is C18H23NO. The molecule has 0 saturated carbocycles. The summed E-state index contributed by atoms with van der Waals surface area (Å²) in [5, 5.41) is 0. The maximum atomic E-state index is 6.13. The number of hydrogen-bond acceptors (Lipinski definition) is 2. The van der Waals surface area contributed by atoms with Crippen LogP contribution in [0.4, 0.5) is 0 Å². The first-order chi connectivity index (χ1) is 9.61. The van der Waals surface area contributed by atoms with Gasteiger partial charge in [0.25, 0.3) is 0 Å². The van der Waals surface area contributed by atoms with E-state index in [-0.39, 0.29) is 6.04 Å². The number of nitrogens with two attached hydrogens (primary N) is 1. The largest absolute Gasteiger partial charge is 0.457 e. The highest BCUT2D eigenvalue weighted by Crippen LogP contribution is 2.30. The molecule has 0 bridgehead atoms. The van der Waals surface area contributed by atoms with Gasteiger partial charge in [0.15, 0.2) is 0 Å². The first-order valence-corrected chi connectivity index (χ1v) is 7.24. The Morgan fingerprint density at radius 2 is 1.65 bits per heavy atom. The van der Waals surface area contributed by atoms with E-state index in [4.69, 9.17) is 10.5 Å². The van der Waals surface area contributed by atoms with Crippen LogP contribution in [0.25, 0.3) is 0 Å². The van der Waals surface area contributed by atoms with E-state index in [1.165, 1.54) is 5.56 Å². The van der Waals surface area contributed by atoms with Gasteiger partial charge in [0, 0.05) is 11.6 Å². The highest BCUT2D eigenvalue weighted by atomic mass is 16.5. The Morgan fingerprint density at radius 1 is 1.00 bits per heavy atom. The van der Waals surface area contributed by atoms with E-state index < -0.39 is 0 Å². The van der Waals surface area contributed by atoms with E-state index in [1.54, 1.807) is 0 Å². The molecule has 2 heteroatoms. The molecule has 1 atom stereocenters. The smallest absolute Gasteiger partial charge is 0.132 e. The monoisotopic (exact) mass is 269 g/mol. The second-order valence-corrected chi connectivity index (χ2v) is 5.38. The van der Waals surface area contributed by atoms with Gasteiger partial charge in [0.2, 0.25) is 0 Å². The molecule has 106 valence electrons.